The zero-order valence-corrected chi connectivity index (χ0v) is 11.2. The molecule has 2 heterocycles. The summed E-state index contributed by atoms with van der Waals surface area (Å²) in [7, 11) is 0. The van der Waals surface area contributed by atoms with Crippen LogP contribution in [0.15, 0.2) is 34.7 Å². The number of furan rings is 1. The molecule has 1 unspecified atom stereocenters. The number of hydrogen-bond acceptors (Lipinski definition) is 4. The van der Waals surface area contributed by atoms with E-state index < -0.39 is 6.04 Å². The lowest BCUT2D eigenvalue weighted by Crippen LogP contribution is -2.32. The van der Waals surface area contributed by atoms with Gasteiger partial charge >= 0.3 is 0 Å². The second kappa shape index (κ2) is 4.23. The maximum atomic E-state index is 12.4. The molecule has 1 aliphatic heterocycles. The summed E-state index contributed by atoms with van der Waals surface area (Å²) in [6.07, 6.45) is 0. The number of nitrogen functional groups attached to an aromatic ring is 1. The zero-order chi connectivity index (χ0) is 14.4. The van der Waals surface area contributed by atoms with Crippen molar-refractivity contribution in [3.8, 4) is 0 Å². The third kappa shape index (κ3) is 1.63. The first-order valence-electron chi connectivity index (χ1n) is 6.33. The van der Waals surface area contributed by atoms with Gasteiger partial charge in [0, 0.05) is 5.69 Å². The number of hydrogen-bond donors (Lipinski definition) is 1. The Bertz CT molecular complexity index is 718. The molecular formula is C15H14N2O3. The Labute approximate surface area is 116 Å². The molecule has 2 aromatic rings. The fourth-order valence-electron chi connectivity index (χ4n) is 2.49. The monoisotopic (exact) mass is 270 g/mol. The van der Waals surface area contributed by atoms with Gasteiger partial charge in [-0.15, -0.1) is 0 Å². The smallest absolute Gasteiger partial charge is 0.264 e. The minimum atomic E-state index is -0.463. The lowest BCUT2D eigenvalue weighted by atomic mass is 10.1. The van der Waals surface area contributed by atoms with Crippen LogP contribution in [0.1, 0.15) is 45.2 Å². The molecule has 20 heavy (non-hydrogen) atoms. The molecule has 0 saturated heterocycles. The number of amides is 2. The van der Waals surface area contributed by atoms with Crippen LogP contribution in [0.25, 0.3) is 0 Å². The van der Waals surface area contributed by atoms with Crippen LogP contribution in [0.3, 0.4) is 0 Å². The van der Waals surface area contributed by atoms with E-state index in [9.17, 15) is 9.59 Å². The summed E-state index contributed by atoms with van der Waals surface area (Å²) in [4.78, 5) is 26.0. The molecule has 2 N–H and O–H groups in total. The fraction of sp³-hybridized carbons (Fsp3) is 0.200. The molecule has 5 nitrogen and oxygen atoms in total. The second-order valence-electron chi connectivity index (χ2n) is 4.87. The third-order valence-electron chi connectivity index (χ3n) is 3.54. The van der Waals surface area contributed by atoms with Gasteiger partial charge in [-0.25, -0.2) is 0 Å². The average Bonchev–Trinajstić information content (AvgIpc) is 2.94. The van der Waals surface area contributed by atoms with E-state index in [0.29, 0.717) is 17.0 Å². The summed E-state index contributed by atoms with van der Waals surface area (Å²) in [6, 6.07) is 8.02. The minimum Gasteiger partial charge on any atom is -0.464 e. The SMILES string of the molecule is Cc1ccc(C(C)N2C(=O)c3cccc(N)c3C2=O)o1. The number of nitrogens with zero attached hydrogens (tertiary/aromatic N) is 1. The highest BCUT2D eigenvalue weighted by Crippen LogP contribution is 2.34. The van der Waals surface area contributed by atoms with E-state index in [2.05, 4.69) is 0 Å². The third-order valence-corrected chi connectivity index (χ3v) is 3.54. The van der Waals surface area contributed by atoms with E-state index >= 15 is 0 Å². The zero-order valence-electron chi connectivity index (χ0n) is 11.2. The molecule has 1 aliphatic rings. The topological polar surface area (TPSA) is 76.5 Å². The van der Waals surface area contributed by atoms with Gasteiger partial charge in [-0.3, -0.25) is 14.5 Å². The van der Waals surface area contributed by atoms with Gasteiger partial charge in [-0.1, -0.05) is 6.07 Å². The van der Waals surface area contributed by atoms with Crippen LogP contribution in [0.5, 0.6) is 0 Å². The first kappa shape index (κ1) is 12.5. The molecule has 5 heteroatoms. The minimum absolute atomic E-state index is 0.285. The lowest BCUT2D eigenvalue weighted by molar-refractivity contribution is 0.0578. The molecule has 1 aromatic heterocycles. The van der Waals surface area contributed by atoms with Gasteiger partial charge in [-0.05, 0) is 38.1 Å². The second-order valence-corrected chi connectivity index (χ2v) is 4.87. The summed E-state index contributed by atoms with van der Waals surface area (Å²) in [5, 5.41) is 0. The van der Waals surface area contributed by atoms with Gasteiger partial charge in [0.2, 0.25) is 0 Å². The van der Waals surface area contributed by atoms with Crippen LogP contribution < -0.4 is 5.73 Å². The molecule has 0 fully saturated rings. The van der Waals surface area contributed by atoms with Crippen LogP contribution in [0, 0.1) is 6.92 Å². The van der Waals surface area contributed by atoms with Crippen molar-refractivity contribution in [2.75, 3.05) is 5.73 Å². The maximum Gasteiger partial charge on any atom is 0.264 e. The molecule has 2 amide bonds. The van der Waals surface area contributed by atoms with E-state index in [0.717, 1.165) is 5.76 Å². The number of fused-ring (bicyclic) bond motifs is 1. The average molecular weight is 270 g/mol. The van der Waals surface area contributed by atoms with Crippen LogP contribution in [-0.4, -0.2) is 16.7 Å². The number of carbonyl (C=O) groups excluding carboxylic acids is 2. The van der Waals surface area contributed by atoms with Crippen molar-refractivity contribution in [2.45, 2.75) is 19.9 Å². The van der Waals surface area contributed by atoms with Crippen molar-refractivity contribution in [2.24, 2.45) is 0 Å². The lowest BCUT2D eigenvalue weighted by Gasteiger charge is -2.20. The van der Waals surface area contributed by atoms with Crippen molar-refractivity contribution in [3.63, 3.8) is 0 Å². The summed E-state index contributed by atoms with van der Waals surface area (Å²) in [5.74, 6) is 0.613. The predicted octanol–water partition coefficient (Wildman–Crippen LogP) is 2.53. The van der Waals surface area contributed by atoms with Gasteiger partial charge in [0.25, 0.3) is 11.8 Å². The highest BCUT2D eigenvalue weighted by molar-refractivity contribution is 6.23. The first-order valence-corrected chi connectivity index (χ1v) is 6.33. The van der Waals surface area contributed by atoms with Gasteiger partial charge in [0.05, 0.1) is 17.2 Å². The number of rotatable bonds is 2. The summed E-state index contributed by atoms with van der Waals surface area (Å²) >= 11 is 0. The van der Waals surface area contributed by atoms with Crippen molar-refractivity contribution in [1.82, 2.24) is 4.90 Å². The van der Waals surface area contributed by atoms with Gasteiger partial charge < -0.3 is 10.2 Å². The van der Waals surface area contributed by atoms with Gasteiger partial charge in [0.1, 0.15) is 11.5 Å². The Morgan fingerprint density at radius 3 is 2.50 bits per heavy atom. The number of carbonyl (C=O) groups is 2. The quantitative estimate of drug-likeness (QED) is 0.672. The number of nitrogens with two attached hydrogens (primary N) is 1. The highest BCUT2D eigenvalue weighted by Gasteiger charge is 2.40. The van der Waals surface area contributed by atoms with Crippen LogP contribution in [0.4, 0.5) is 5.69 Å². The molecule has 102 valence electrons. The molecule has 0 spiro atoms. The Balaban J connectivity index is 2.04. The van der Waals surface area contributed by atoms with Crippen LogP contribution in [-0.2, 0) is 0 Å². The first-order chi connectivity index (χ1) is 9.50. The molecule has 0 bridgehead atoms. The van der Waals surface area contributed by atoms with Gasteiger partial charge in [-0.2, -0.15) is 0 Å². The van der Waals surface area contributed by atoms with E-state index in [1.54, 1.807) is 37.3 Å². The molecule has 0 saturated carbocycles. The molecule has 1 atom stereocenters. The Hall–Kier alpha value is -2.56. The van der Waals surface area contributed by atoms with Crippen molar-refractivity contribution >= 4 is 17.5 Å². The normalized spacial score (nSPS) is 15.6. The van der Waals surface area contributed by atoms with Crippen molar-refractivity contribution < 1.29 is 14.0 Å². The standard InChI is InChI=1S/C15H14N2O3/c1-8-6-7-12(20-8)9(2)17-14(18)10-4-3-5-11(16)13(10)15(17)19/h3-7,9H,16H2,1-2H3. The van der Waals surface area contributed by atoms with Crippen LogP contribution in [0.2, 0.25) is 0 Å². The molecule has 0 aliphatic carbocycles. The molecular weight excluding hydrogens is 256 g/mol. The van der Waals surface area contributed by atoms with Crippen molar-refractivity contribution in [3.05, 3.63) is 53.0 Å². The predicted molar refractivity (Wildman–Crippen MR) is 73.2 cm³/mol. The van der Waals surface area contributed by atoms with Gasteiger partial charge in [0.15, 0.2) is 0 Å². The Morgan fingerprint density at radius 1 is 1.15 bits per heavy atom. The summed E-state index contributed by atoms with van der Waals surface area (Å²) in [5.41, 5.74) is 6.77. The fourth-order valence-corrected chi connectivity index (χ4v) is 2.49. The summed E-state index contributed by atoms with van der Waals surface area (Å²) < 4.78 is 5.51. The van der Waals surface area contributed by atoms with E-state index in [1.807, 2.05) is 6.92 Å². The largest absolute Gasteiger partial charge is 0.464 e. The highest BCUT2D eigenvalue weighted by atomic mass is 16.3. The van der Waals surface area contributed by atoms with E-state index in [4.69, 9.17) is 10.2 Å². The van der Waals surface area contributed by atoms with Crippen molar-refractivity contribution in [1.29, 1.82) is 0 Å². The Kier molecular flexibility index (Phi) is 2.64. The molecule has 0 radical (unpaired) electrons. The number of aryl methyl sites for hydroxylation is 1. The van der Waals surface area contributed by atoms with E-state index in [-0.39, 0.29) is 17.4 Å². The van der Waals surface area contributed by atoms with E-state index in [1.165, 1.54) is 4.90 Å². The maximum absolute atomic E-state index is 12.4. The number of anilines is 1. The number of imide groups is 1. The Morgan fingerprint density at radius 2 is 1.90 bits per heavy atom. The van der Waals surface area contributed by atoms with Crippen LogP contribution >= 0.6 is 0 Å². The molecule has 1 aromatic carbocycles. The summed E-state index contributed by atoms with van der Waals surface area (Å²) in [6.45, 7) is 3.58. The molecule has 3 rings (SSSR count). The number of benzene rings is 1.